The smallest absolute Gasteiger partial charge is 0.243 e. The fourth-order valence-electron chi connectivity index (χ4n) is 6.74. The van der Waals surface area contributed by atoms with Crippen molar-refractivity contribution in [3.8, 4) is 0 Å². The molecule has 5 atom stereocenters. The second kappa shape index (κ2) is 11.7. The van der Waals surface area contributed by atoms with Crippen LogP contribution in [0.4, 0.5) is 0 Å². The summed E-state index contributed by atoms with van der Waals surface area (Å²) in [4.78, 5) is 0.392. The molecule has 4 nitrogen and oxygen atoms in total. The summed E-state index contributed by atoms with van der Waals surface area (Å²) >= 11 is 0. The van der Waals surface area contributed by atoms with E-state index in [1.807, 2.05) is 19.1 Å². The van der Waals surface area contributed by atoms with Crippen molar-refractivity contribution in [3.05, 3.63) is 53.1 Å². The molecular weight excluding hydrogens is 452 g/mol. The molecule has 0 spiro atoms. The number of aryl methyl sites for hydroxylation is 1. The predicted octanol–water partition coefficient (Wildman–Crippen LogP) is 6.48. The van der Waals surface area contributed by atoms with Crippen LogP contribution in [0.25, 0.3) is 0 Å². The van der Waals surface area contributed by atoms with Crippen molar-refractivity contribution in [2.75, 3.05) is 19.6 Å². The maximum absolute atomic E-state index is 13.6. The van der Waals surface area contributed by atoms with Gasteiger partial charge in [0.05, 0.1) is 4.90 Å². The van der Waals surface area contributed by atoms with E-state index in [1.165, 1.54) is 49.7 Å². The molecule has 5 heteroatoms. The molecule has 1 aromatic rings. The highest BCUT2D eigenvalue weighted by Crippen LogP contribution is 2.52. The Bertz CT molecular complexity index is 1010. The van der Waals surface area contributed by atoms with E-state index in [0.29, 0.717) is 24.0 Å². The number of hydrogen-bond acceptors (Lipinski definition) is 3. The van der Waals surface area contributed by atoms with Crippen LogP contribution in [-0.2, 0) is 10.0 Å². The highest BCUT2D eigenvalue weighted by atomic mass is 32.2. The van der Waals surface area contributed by atoms with E-state index in [9.17, 15) is 8.42 Å². The van der Waals surface area contributed by atoms with Crippen molar-refractivity contribution < 1.29 is 8.42 Å². The van der Waals surface area contributed by atoms with Crippen molar-refractivity contribution in [3.63, 3.8) is 0 Å². The SMILES string of the molecule is CC(C)=CCC/C(C)=C/CN(CCNC1CC2CCC3CC2CC1C3)S(=O)(=O)c1ccc(C)cc1. The molecule has 3 saturated carbocycles. The molecule has 3 aliphatic rings. The van der Waals surface area contributed by atoms with Crippen LogP contribution in [0.1, 0.15) is 77.7 Å². The first kappa shape index (κ1) is 26.6. The van der Waals surface area contributed by atoms with Gasteiger partial charge in [-0.2, -0.15) is 4.31 Å². The minimum Gasteiger partial charge on any atom is -0.312 e. The first-order valence-electron chi connectivity index (χ1n) is 13.8. The highest BCUT2D eigenvalue weighted by molar-refractivity contribution is 7.89. The maximum atomic E-state index is 13.6. The Balaban J connectivity index is 1.41. The molecule has 4 rings (SSSR count). The van der Waals surface area contributed by atoms with Crippen LogP contribution >= 0.6 is 0 Å². The van der Waals surface area contributed by atoms with Crippen LogP contribution in [0, 0.1) is 30.6 Å². The van der Waals surface area contributed by atoms with Crippen molar-refractivity contribution in [2.24, 2.45) is 23.7 Å². The lowest BCUT2D eigenvalue weighted by atomic mass is 9.56. The number of hydrogen-bond donors (Lipinski definition) is 1. The third-order valence-electron chi connectivity index (χ3n) is 8.78. The third kappa shape index (κ3) is 6.87. The minimum absolute atomic E-state index is 0.392. The van der Waals surface area contributed by atoms with E-state index >= 15 is 0 Å². The van der Waals surface area contributed by atoms with Gasteiger partial charge in [-0.05, 0) is 108 Å². The van der Waals surface area contributed by atoms with Crippen LogP contribution < -0.4 is 5.32 Å². The van der Waals surface area contributed by atoms with E-state index in [-0.39, 0.29) is 0 Å². The zero-order chi connectivity index (χ0) is 25.0. The van der Waals surface area contributed by atoms with Crippen molar-refractivity contribution in [1.82, 2.24) is 9.62 Å². The fourth-order valence-corrected chi connectivity index (χ4v) is 8.12. The van der Waals surface area contributed by atoms with Crippen molar-refractivity contribution >= 4 is 10.0 Å². The molecule has 3 aliphatic carbocycles. The van der Waals surface area contributed by atoms with Crippen LogP contribution in [-0.4, -0.2) is 38.4 Å². The molecule has 194 valence electrons. The lowest BCUT2D eigenvalue weighted by Crippen LogP contribution is -2.51. The van der Waals surface area contributed by atoms with E-state index in [2.05, 4.69) is 38.2 Å². The lowest BCUT2D eigenvalue weighted by molar-refractivity contribution is 0.00847. The number of fused-ring (bicyclic) bond motifs is 2. The summed E-state index contributed by atoms with van der Waals surface area (Å²) in [5, 5.41) is 3.82. The van der Waals surface area contributed by atoms with Crippen LogP contribution in [0.15, 0.2) is 52.5 Å². The Labute approximate surface area is 214 Å². The second-order valence-electron chi connectivity index (χ2n) is 11.8. The standard InChI is InChI=1S/C30H46N2O2S/c1-22(2)6-5-7-23(3)14-16-32(35(33,34)29-12-8-24(4)9-13-29)17-15-31-30-21-26-11-10-25-18-27(26)20-28(30)19-25/h6,8-9,12-14,25-28,30-31H,5,7,10-11,15-21H2,1-4H3/b23-14+. The molecule has 0 aliphatic heterocycles. The predicted molar refractivity (Wildman–Crippen MR) is 146 cm³/mol. The normalized spacial score (nSPS) is 28.4. The Hall–Kier alpha value is -1.43. The molecule has 3 bridgehead atoms. The zero-order valence-electron chi connectivity index (χ0n) is 22.3. The molecule has 5 unspecified atom stereocenters. The van der Waals surface area contributed by atoms with Gasteiger partial charge >= 0.3 is 0 Å². The first-order chi connectivity index (χ1) is 16.7. The first-order valence-corrected chi connectivity index (χ1v) is 15.3. The second-order valence-corrected chi connectivity index (χ2v) is 13.7. The fraction of sp³-hybridized carbons (Fsp3) is 0.667. The topological polar surface area (TPSA) is 49.4 Å². The number of rotatable bonds is 11. The quantitative estimate of drug-likeness (QED) is 0.355. The summed E-state index contributed by atoms with van der Waals surface area (Å²) in [7, 11) is -3.54. The molecule has 0 amide bonds. The van der Waals surface area contributed by atoms with Gasteiger partial charge in [0.25, 0.3) is 0 Å². The van der Waals surface area contributed by atoms with Crippen molar-refractivity contribution in [2.45, 2.75) is 90.0 Å². The largest absolute Gasteiger partial charge is 0.312 e. The lowest BCUT2D eigenvalue weighted by Gasteiger charge is -2.52. The van der Waals surface area contributed by atoms with Gasteiger partial charge in [0.15, 0.2) is 0 Å². The average molecular weight is 499 g/mol. The summed E-state index contributed by atoms with van der Waals surface area (Å²) < 4.78 is 28.8. The zero-order valence-corrected chi connectivity index (χ0v) is 23.1. The Morgan fingerprint density at radius 2 is 1.71 bits per heavy atom. The van der Waals surface area contributed by atoms with E-state index < -0.39 is 10.0 Å². The number of nitrogens with one attached hydrogen (secondary N) is 1. The Kier molecular flexibility index (Phi) is 8.94. The Morgan fingerprint density at radius 3 is 2.46 bits per heavy atom. The molecular formula is C30H46N2O2S. The third-order valence-corrected chi connectivity index (χ3v) is 10.7. The van der Waals surface area contributed by atoms with Gasteiger partial charge in [0.2, 0.25) is 10.0 Å². The summed E-state index contributed by atoms with van der Waals surface area (Å²) in [6, 6.07) is 7.83. The average Bonchev–Trinajstić information content (AvgIpc) is 2.81. The summed E-state index contributed by atoms with van der Waals surface area (Å²) in [6.45, 7) is 10.0. The molecule has 0 saturated heterocycles. The number of sulfonamides is 1. The van der Waals surface area contributed by atoms with Gasteiger partial charge in [0, 0.05) is 25.7 Å². The van der Waals surface area contributed by atoms with Gasteiger partial charge < -0.3 is 5.32 Å². The summed E-state index contributed by atoms with van der Waals surface area (Å²) in [6.07, 6.45) is 14.7. The molecule has 0 aromatic heterocycles. The van der Waals surface area contributed by atoms with Gasteiger partial charge in [-0.15, -0.1) is 0 Å². The minimum atomic E-state index is -3.54. The van der Waals surface area contributed by atoms with Gasteiger partial charge in [-0.1, -0.05) is 47.4 Å². The molecule has 1 N–H and O–H groups in total. The molecule has 1 aromatic carbocycles. The van der Waals surface area contributed by atoms with E-state index in [1.54, 1.807) is 16.4 Å². The van der Waals surface area contributed by atoms with Crippen LogP contribution in [0.5, 0.6) is 0 Å². The molecule has 0 radical (unpaired) electrons. The molecule has 35 heavy (non-hydrogen) atoms. The van der Waals surface area contributed by atoms with Crippen molar-refractivity contribution in [1.29, 1.82) is 0 Å². The van der Waals surface area contributed by atoms with Gasteiger partial charge in [-0.3, -0.25) is 0 Å². The van der Waals surface area contributed by atoms with Crippen LogP contribution in [0.3, 0.4) is 0 Å². The van der Waals surface area contributed by atoms with Crippen LogP contribution in [0.2, 0.25) is 0 Å². The maximum Gasteiger partial charge on any atom is 0.243 e. The molecule has 3 fully saturated rings. The number of benzene rings is 1. The summed E-state index contributed by atoms with van der Waals surface area (Å²) in [5.41, 5.74) is 3.65. The molecule has 0 heterocycles. The monoisotopic (exact) mass is 498 g/mol. The van der Waals surface area contributed by atoms with Gasteiger partial charge in [0.1, 0.15) is 0 Å². The number of allylic oxidation sites excluding steroid dienone is 3. The Morgan fingerprint density at radius 1 is 0.971 bits per heavy atom. The van der Waals surface area contributed by atoms with Gasteiger partial charge in [-0.25, -0.2) is 8.42 Å². The highest BCUT2D eigenvalue weighted by Gasteiger charge is 2.45. The number of nitrogens with zero attached hydrogens (tertiary/aromatic N) is 1. The summed E-state index contributed by atoms with van der Waals surface area (Å²) in [5.74, 6) is 3.58. The van der Waals surface area contributed by atoms with E-state index in [0.717, 1.165) is 48.6 Å². The van der Waals surface area contributed by atoms with E-state index in [4.69, 9.17) is 0 Å².